The van der Waals surface area contributed by atoms with Gasteiger partial charge in [0.05, 0.1) is 0 Å². The molecule has 0 aliphatic carbocycles. The van der Waals surface area contributed by atoms with Crippen LogP contribution in [-0.4, -0.2) is 55.0 Å². The average molecular weight is 270 g/mol. The smallest absolute Gasteiger partial charge is 1.00 e. The summed E-state index contributed by atoms with van der Waals surface area (Å²) in [6.07, 6.45) is 0. The normalized spacial score (nSPS) is 3.14. The molecule has 0 aromatic carbocycles. The number of hydrogen-bond acceptors (Lipinski definition) is 2. The Labute approximate surface area is 102 Å². The fourth-order valence-electron chi connectivity index (χ4n) is 0. The fourth-order valence-corrected chi connectivity index (χ4v) is 0. The van der Waals surface area contributed by atoms with Crippen molar-refractivity contribution < 1.29 is 90.0 Å². The van der Waals surface area contributed by atoms with Crippen LogP contribution in [0.5, 0.6) is 0 Å². The van der Waals surface area contributed by atoms with Crippen LogP contribution < -0.4 is 18.9 Å². The Hall–Kier alpha value is -0.183. The monoisotopic (exact) mass is 269 g/mol. The summed E-state index contributed by atoms with van der Waals surface area (Å²) >= 11 is 0. The van der Waals surface area contributed by atoms with Crippen molar-refractivity contribution in [1.29, 1.82) is 0 Å². The summed E-state index contributed by atoms with van der Waals surface area (Å²) < 4.78 is 0. The molecule has 0 saturated heterocycles. The second-order valence-corrected chi connectivity index (χ2v) is 0.610. The summed E-state index contributed by atoms with van der Waals surface area (Å²) in [6, 6.07) is 0. The van der Waals surface area contributed by atoms with Gasteiger partial charge in [-0.15, -0.1) is 0 Å². The van der Waals surface area contributed by atoms with E-state index in [4.69, 9.17) is 19.8 Å². The zero-order valence-electron chi connectivity index (χ0n) is 8.01. The molecular weight excluding hydrogens is 254 g/mol. The maximum Gasteiger partial charge on any atom is 1.00 e. The molecule has 0 aromatic heterocycles. The summed E-state index contributed by atoms with van der Waals surface area (Å²) in [5, 5.41) is 14.8. The largest absolute Gasteiger partial charge is 1.00 e. The van der Waals surface area contributed by atoms with Crippen molar-refractivity contribution in [3.05, 3.63) is 0 Å². The molecule has 0 aliphatic rings. The number of carboxylic acids is 2. The first-order chi connectivity index (χ1) is 2.64. The van der Waals surface area contributed by atoms with Crippen molar-refractivity contribution in [3.63, 3.8) is 0 Å². The van der Waals surface area contributed by atoms with Gasteiger partial charge in [0.25, 0.3) is 0 Å². The number of rotatable bonds is 0. The van der Waals surface area contributed by atoms with Gasteiger partial charge in [-0.3, -0.25) is 0 Å². The zero-order valence-corrected chi connectivity index (χ0v) is 7.95. The van der Waals surface area contributed by atoms with E-state index in [2.05, 4.69) is 0 Å². The van der Waals surface area contributed by atoms with Gasteiger partial charge >= 0.3 is 30.8 Å². The molecule has 0 fully saturated rings. The first-order valence-electron chi connectivity index (χ1n) is 1.11. The van der Waals surface area contributed by atoms with Gasteiger partial charge in [-0.1, -0.05) is 0 Å². The van der Waals surface area contributed by atoms with Crippen molar-refractivity contribution in [2.45, 2.75) is 0 Å². The van der Waals surface area contributed by atoms with Crippen LogP contribution >= 0.6 is 0 Å². The molecule has 1 radical (unpaired) electrons. The molecule has 0 saturated carbocycles. The van der Waals surface area contributed by atoms with E-state index in [0.717, 1.165) is 0 Å². The van der Waals surface area contributed by atoms with E-state index in [0.29, 0.717) is 0 Å². The molecule has 95 valence electrons. The second kappa shape index (κ2) is 52.9. The quantitative estimate of drug-likeness (QED) is 0.320. The summed E-state index contributed by atoms with van der Waals surface area (Å²) in [7, 11) is 0. The standard InChI is InChI=1S/C2H2O4.Cu.Li.6H2O.H/c3-1(4)2(5)6;;;;;;;;;/h(H,3,4)(H,5,6);;;6*1H2;/q;;+1;;;;;;;-1. The molecule has 0 amide bonds. The first-order valence-corrected chi connectivity index (χ1v) is 1.11. The Morgan fingerprint density at radius 2 is 0.786 bits per heavy atom. The third kappa shape index (κ3) is 94.9. The summed E-state index contributed by atoms with van der Waals surface area (Å²) in [4.78, 5) is 18.2. The van der Waals surface area contributed by atoms with Crippen LogP contribution in [0.15, 0.2) is 0 Å². The molecule has 0 rings (SSSR count). The topological polar surface area (TPSA) is 264 Å². The predicted octanol–water partition coefficient (Wildman–Crippen LogP) is -8.68. The van der Waals surface area contributed by atoms with Crippen LogP contribution in [0.2, 0.25) is 0 Å². The van der Waals surface area contributed by atoms with Gasteiger partial charge in [0.15, 0.2) is 0 Å². The van der Waals surface area contributed by atoms with Crippen LogP contribution in [0.4, 0.5) is 0 Å². The fraction of sp³-hybridized carbons (Fsp3) is 0. The molecule has 14 heavy (non-hydrogen) atoms. The van der Waals surface area contributed by atoms with Gasteiger partial charge in [0.1, 0.15) is 0 Å². The molecule has 0 unspecified atom stereocenters. The van der Waals surface area contributed by atoms with Crippen LogP contribution in [-0.2, 0) is 26.7 Å². The number of hydrogen-bond donors (Lipinski definition) is 2. The van der Waals surface area contributed by atoms with E-state index in [1.54, 1.807) is 0 Å². The van der Waals surface area contributed by atoms with Crippen molar-refractivity contribution in [2.75, 3.05) is 0 Å². The Morgan fingerprint density at radius 1 is 0.714 bits per heavy atom. The van der Waals surface area contributed by atoms with Crippen molar-refractivity contribution >= 4 is 11.9 Å². The van der Waals surface area contributed by atoms with Crippen LogP contribution in [0, 0.1) is 0 Å². The van der Waals surface area contributed by atoms with Gasteiger partial charge in [0, 0.05) is 17.1 Å². The second-order valence-electron chi connectivity index (χ2n) is 0.610. The molecule has 0 heterocycles. The Balaban J connectivity index is -0.00000000347. The minimum absolute atomic E-state index is 0. The van der Waals surface area contributed by atoms with Crippen molar-refractivity contribution in [2.24, 2.45) is 0 Å². The van der Waals surface area contributed by atoms with E-state index in [9.17, 15) is 0 Å². The van der Waals surface area contributed by atoms with E-state index >= 15 is 0 Å². The molecule has 0 aromatic rings. The van der Waals surface area contributed by atoms with E-state index in [1.807, 2.05) is 0 Å². The van der Waals surface area contributed by atoms with Crippen molar-refractivity contribution in [3.8, 4) is 0 Å². The minimum Gasteiger partial charge on any atom is -1.00 e. The first kappa shape index (κ1) is 97.8. The van der Waals surface area contributed by atoms with Crippen LogP contribution in [0.25, 0.3) is 0 Å². The Morgan fingerprint density at radius 3 is 0.786 bits per heavy atom. The van der Waals surface area contributed by atoms with Gasteiger partial charge in [0.2, 0.25) is 0 Å². The summed E-state index contributed by atoms with van der Waals surface area (Å²) in [5.74, 6) is -3.65. The maximum atomic E-state index is 9.10. The molecular formula is C2H15CuLiO10. The van der Waals surface area contributed by atoms with Gasteiger partial charge in [-0.25, -0.2) is 9.59 Å². The molecule has 12 heteroatoms. The Kier molecular flexibility index (Phi) is 370. The van der Waals surface area contributed by atoms with Gasteiger partial charge in [-0.05, 0) is 0 Å². The summed E-state index contributed by atoms with van der Waals surface area (Å²) in [5.41, 5.74) is 0. The third-order valence-corrected chi connectivity index (χ3v) is 0.183. The maximum absolute atomic E-state index is 9.10. The minimum atomic E-state index is -1.82. The van der Waals surface area contributed by atoms with E-state index < -0.39 is 11.9 Å². The van der Waals surface area contributed by atoms with E-state index in [1.165, 1.54) is 0 Å². The molecule has 0 atom stereocenters. The summed E-state index contributed by atoms with van der Waals surface area (Å²) in [6.45, 7) is 0. The number of carboxylic acid groups (broad SMARTS) is 2. The van der Waals surface area contributed by atoms with E-state index in [-0.39, 0.29) is 70.2 Å². The predicted molar refractivity (Wildman–Crippen MR) is 38.1 cm³/mol. The number of aliphatic carboxylic acids is 2. The Bertz CT molecular complexity index is 89.4. The molecule has 0 spiro atoms. The van der Waals surface area contributed by atoms with Crippen molar-refractivity contribution in [1.82, 2.24) is 0 Å². The molecule has 14 N–H and O–H groups in total. The van der Waals surface area contributed by atoms with Gasteiger partial charge in [-0.2, -0.15) is 0 Å². The van der Waals surface area contributed by atoms with Crippen LogP contribution in [0.1, 0.15) is 1.43 Å². The zero-order chi connectivity index (χ0) is 5.15. The SMILES string of the molecule is O.O.O.O.O.O.O=C(O)C(=O)O.[Cu].[H-].[Li+]. The molecule has 0 bridgehead atoms. The van der Waals surface area contributed by atoms with Crippen LogP contribution in [0.3, 0.4) is 0 Å². The average Bonchev–Trinajstić information content (AvgIpc) is 1.36. The third-order valence-electron chi connectivity index (χ3n) is 0.183. The number of carbonyl (C=O) groups is 2. The molecule has 0 aliphatic heterocycles. The molecule has 10 nitrogen and oxygen atoms in total. The van der Waals surface area contributed by atoms with Gasteiger partial charge < -0.3 is 44.5 Å².